The van der Waals surface area contributed by atoms with Gasteiger partial charge in [0.2, 0.25) is 5.91 Å². The summed E-state index contributed by atoms with van der Waals surface area (Å²) in [5.41, 5.74) is 8.62. The van der Waals surface area contributed by atoms with Crippen LogP contribution in [0.5, 0.6) is 11.5 Å². The highest BCUT2D eigenvalue weighted by molar-refractivity contribution is 5.76. The van der Waals surface area contributed by atoms with Gasteiger partial charge in [-0.2, -0.15) is 0 Å². The van der Waals surface area contributed by atoms with Crippen LogP contribution in [0.15, 0.2) is 42.5 Å². The molecule has 2 N–H and O–H groups in total. The number of nitrogens with two attached hydrogens (primary N) is 1. The Hall–Kier alpha value is -2.49. The summed E-state index contributed by atoms with van der Waals surface area (Å²) in [7, 11) is 1.67. The second-order valence-corrected chi connectivity index (χ2v) is 5.99. The van der Waals surface area contributed by atoms with Crippen LogP contribution in [0.4, 0.5) is 0 Å². The van der Waals surface area contributed by atoms with Gasteiger partial charge in [-0.15, -0.1) is 0 Å². The lowest BCUT2D eigenvalue weighted by Crippen LogP contribution is -2.23. The number of hydrogen-bond acceptors (Lipinski definition) is 3. The summed E-state index contributed by atoms with van der Waals surface area (Å²) in [6, 6.07) is 14.1. The van der Waals surface area contributed by atoms with Gasteiger partial charge in [0.1, 0.15) is 0 Å². The fourth-order valence-corrected chi connectivity index (χ4v) is 3.08. The molecule has 0 aliphatic carbocycles. The Labute approximate surface area is 136 Å². The summed E-state index contributed by atoms with van der Waals surface area (Å²) in [6.45, 7) is 0.691. The molecule has 0 saturated heterocycles. The number of rotatable bonds is 5. The molecule has 1 aliphatic rings. The third-order valence-electron chi connectivity index (χ3n) is 4.18. The molecule has 0 spiro atoms. The maximum atomic E-state index is 10.9. The number of para-hydroxylation sites is 1. The molecule has 1 atom stereocenters. The van der Waals surface area contributed by atoms with Crippen molar-refractivity contribution >= 4 is 5.91 Å². The van der Waals surface area contributed by atoms with Crippen molar-refractivity contribution in [2.45, 2.75) is 19.3 Å². The van der Waals surface area contributed by atoms with E-state index in [-0.39, 0.29) is 5.91 Å². The van der Waals surface area contributed by atoms with Crippen LogP contribution >= 0.6 is 0 Å². The monoisotopic (exact) mass is 311 g/mol. The quantitative estimate of drug-likeness (QED) is 0.923. The number of methoxy groups -OCH3 is 1. The Kier molecular flexibility index (Phi) is 4.51. The maximum Gasteiger partial charge on any atom is 0.221 e. The number of ether oxygens (including phenoxy) is 2. The Balaban J connectivity index is 1.66. The van der Waals surface area contributed by atoms with Crippen molar-refractivity contribution in [3.05, 3.63) is 59.2 Å². The minimum absolute atomic E-state index is 0.292. The van der Waals surface area contributed by atoms with Gasteiger partial charge >= 0.3 is 0 Å². The van der Waals surface area contributed by atoms with E-state index < -0.39 is 0 Å². The molecule has 0 saturated carbocycles. The lowest BCUT2D eigenvalue weighted by molar-refractivity contribution is -0.117. The van der Waals surface area contributed by atoms with Gasteiger partial charge in [-0.05, 0) is 35.6 Å². The number of primary amides is 1. The van der Waals surface area contributed by atoms with Gasteiger partial charge in [0, 0.05) is 5.92 Å². The summed E-state index contributed by atoms with van der Waals surface area (Å²) < 4.78 is 11.3. The Bertz CT molecular complexity index is 694. The molecule has 2 aromatic rings. The van der Waals surface area contributed by atoms with E-state index in [1.54, 1.807) is 7.11 Å². The number of carbonyl (C=O) groups excluding carboxylic acids is 1. The van der Waals surface area contributed by atoms with Crippen LogP contribution < -0.4 is 15.2 Å². The highest BCUT2D eigenvalue weighted by Crippen LogP contribution is 2.36. The van der Waals surface area contributed by atoms with Crippen molar-refractivity contribution in [3.8, 4) is 11.5 Å². The number of benzene rings is 2. The average Bonchev–Trinajstić information content (AvgIpc) is 2.55. The topological polar surface area (TPSA) is 61.6 Å². The van der Waals surface area contributed by atoms with Gasteiger partial charge in [-0.1, -0.05) is 36.4 Å². The summed E-state index contributed by atoms with van der Waals surface area (Å²) in [5.74, 6) is 1.82. The molecule has 0 unspecified atom stereocenters. The molecule has 4 nitrogen and oxygen atoms in total. The average molecular weight is 311 g/mol. The van der Waals surface area contributed by atoms with E-state index in [1.807, 2.05) is 24.3 Å². The van der Waals surface area contributed by atoms with Gasteiger partial charge < -0.3 is 15.2 Å². The molecule has 1 amide bonds. The molecular formula is C19H21NO3. The van der Waals surface area contributed by atoms with Crippen LogP contribution in [0, 0.1) is 5.92 Å². The summed E-state index contributed by atoms with van der Waals surface area (Å²) in [4.78, 5) is 10.9. The fourth-order valence-electron chi connectivity index (χ4n) is 3.08. The van der Waals surface area contributed by atoms with Crippen molar-refractivity contribution in [1.29, 1.82) is 0 Å². The highest BCUT2D eigenvalue weighted by Gasteiger charge is 2.22. The first-order chi connectivity index (χ1) is 11.2. The van der Waals surface area contributed by atoms with Gasteiger partial charge in [0.05, 0.1) is 20.1 Å². The molecule has 4 heteroatoms. The van der Waals surface area contributed by atoms with Crippen LogP contribution in [0.3, 0.4) is 0 Å². The normalized spacial score (nSPS) is 16.3. The number of hydrogen-bond donors (Lipinski definition) is 1. The fraction of sp³-hybridized carbons (Fsp3) is 0.316. The molecule has 0 bridgehead atoms. The molecule has 0 radical (unpaired) electrons. The molecule has 23 heavy (non-hydrogen) atoms. The van der Waals surface area contributed by atoms with Crippen molar-refractivity contribution in [2.75, 3.05) is 13.7 Å². The number of carbonyl (C=O) groups is 1. The van der Waals surface area contributed by atoms with E-state index in [0.29, 0.717) is 18.9 Å². The zero-order chi connectivity index (χ0) is 16.2. The standard InChI is InChI=1S/C19H21NO3/c1-22-17-4-2-3-16-10-15(12-23-19(16)17)9-13-5-7-14(8-6-13)11-18(20)21/h2-8,15H,9-12H2,1H3,(H2,20,21)/t15-/m0/s1. The van der Waals surface area contributed by atoms with Gasteiger partial charge in [0.15, 0.2) is 11.5 Å². The SMILES string of the molecule is COc1cccc2c1OC[C@@H](Cc1ccc(CC(N)=O)cc1)C2. The third-order valence-corrected chi connectivity index (χ3v) is 4.18. The molecular weight excluding hydrogens is 290 g/mol. The van der Waals surface area contributed by atoms with Crippen LogP contribution in [0.1, 0.15) is 16.7 Å². The minimum Gasteiger partial charge on any atom is -0.493 e. The van der Waals surface area contributed by atoms with Crippen LogP contribution in [0.25, 0.3) is 0 Å². The number of amides is 1. The van der Waals surface area contributed by atoms with Crippen molar-refractivity contribution in [1.82, 2.24) is 0 Å². The van der Waals surface area contributed by atoms with E-state index in [2.05, 4.69) is 18.2 Å². The second kappa shape index (κ2) is 6.73. The van der Waals surface area contributed by atoms with E-state index >= 15 is 0 Å². The Morgan fingerprint density at radius 3 is 2.65 bits per heavy atom. The first-order valence-corrected chi connectivity index (χ1v) is 7.80. The smallest absolute Gasteiger partial charge is 0.221 e. The first-order valence-electron chi connectivity index (χ1n) is 7.80. The highest BCUT2D eigenvalue weighted by atomic mass is 16.5. The molecule has 0 fully saturated rings. The summed E-state index contributed by atoms with van der Waals surface area (Å²) in [6.07, 6.45) is 2.23. The molecule has 3 rings (SSSR count). The Morgan fingerprint density at radius 2 is 1.96 bits per heavy atom. The van der Waals surface area contributed by atoms with Crippen molar-refractivity contribution < 1.29 is 14.3 Å². The molecule has 120 valence electrons. The first kappa shape index (κ1) is 15.4. The lowest BCUT2D eigenvalue weighted by Gasteiger charge is -2.26. The van der Waals surface area contributed by atoms with E-state index in [1.165, 1.54) is 11.1 Å². The Morgan fingerprint density at radius 1 is 1.22 bits per heavy atom. The lowest BCUT2D eigenvalue weighted by atomic mass is 9.90. The third kappa shape index (κ3) is 3.65. The van der Waals surface area contributed by atoms with Gasteiger partial charge in [-0.25, -0.2) is 0 Å². The van der Waals surface area contributed by atoms with E-state index in [0.717, 1.165) is 29.9 Å². The predicted octanol–water partition coefficient (Wildman–Crippen LogP) is 2.52. The number of fused-ring (bicyclic) bond motifs is 1. The zero-order valence-corrected chi connectivity index (χ0v) is 13.2. The van der Waals surface area contributed by atoms with Crippen LogP contribution in [-0.2, 0) is 24.1 Å². The van der Waals surface area contributed by atoms with Crippen molar-refractivity contribution in [2.24, 2.45) is 11.7 Å². The largest absolute Gasteiger partial charge is 0.493 e. The van der Waals surface area contributed by atoms with E-state index in [9.17, 15) is 4.79 Å². The van der Waals surface area contributed by atoms with Crippen molar-refractivity contribution in [3.63, 3.8) is 0 Å². The van der Waals surface area contributed by atoms with Gasteiger partial charge in [-0.3, -0.25) is 4.79 Å². The molecule has 0 aromatic heterocycles. The molecule has 1 aliphatic heterocycles. The zero-order valence-electron chi connectivity index (χ0n) is 13.2. The van der Waals surface area contributed by atoms with Crippen LogP contribution in [0.2, 0.25) is 0 Å². The maximum absolute atomic E-state index is 10.9. The summed E-state index contributed by atoms with van der Waals surface area (Å²) >= 11 is 0. The molecule has 1 heterocycles. The minimum atomic E-state index is -0.302. The van der Waals surface area contributed by atoms with E-state index in [4.69, 9.17) is 15.2 Å². The van der Waals surface area contributed by atoms with Crippen LogP contribution in [-0.4, -0.2) is 19.6 Å². The molecule has 2 aromatic carbocycles. The summed E-state index contributed by atoms with van der Waals surface area (Å²) in [5, 5.41) is 0. The predicted molar refractivity (Wildman–Crippen MR) is 88.7 cm³/mol. The second-order valence-electron chi connectivity index (χ2n) is 5.99. The van der Waals surface area contributed by atoms with Gasteiger partial charge in [0.25, 0.3) is 0 Å².